The van der Waals surface area contributed by atoms with Crippen LogP contribution in [0.5, 0.6) is 5.75 Å². The van der Waals surface area contributed by atoms with Gasteiger partial charge in [-0.2, -0.15) is 0 Å². The predicted octanol–water partition coefficient (Wildman–Crippen LogP) is 2.75. The van der Waals surface area contributed by atoms with E-state index in [9.17, 15) is 9.90 Å². The zero-order chi connectivity index (χ0) is 22.6. The van der Waals surface area contributed by atoms with Gasteiger partial charge in [-0.25, -0.2) is 9.97 Å². The molecule has 2 aromatic heterocycles. The largest absolute Gasteiger partial charge is 0.490 e. The van der Waals surface area contributed by atoms with Gasteiger partial charge >= 0.3 is 0 Å². The molecule has 0 radical (unpaired) electrons. The van der Waals surface area contributed by atoms with Crippen molar-refractivity contribution in [3.8, 4) is 17.3 Å². The zero-order valence-corrected chi connectivity index (χ0v) is 19.0. The number of aromatic nitrogens is 3. The average Bonchev–Trinajstić information content (AvgIpc) is 3.27. The molecule has 32 heavy (non-hydrogen) atoms. The minimum atomic E-state index is -0.868. The van der Waals surface area contributed by atoms with Crippen molar-refractivity contribution >= 4 is 11.6 Å². The number of pyridine rings is 1. The number of anilines is 1. The molecule has 1 saturated heterocycles. The van der Waals surface area contributed by atoms with Crippen LogP contribution in [0, 0.1) is 0 Å². The van der Waals surface area contributed by atoms with Gasteiger partial charge in [-0.15, -0.1) is 0 Å². The van der Waals surface area contributed by atoms with E-state index in [1.165, 1.54) is 0 Å². The maximum absolute atomic E-state index is 12.2. The lowest BCUT2D eigenvalue weighted by Gasteiger charge is -2.31. The van der Waals surface area contributed by atoms with Crippen LogP contribution in [0.2, 0.25) is 0 Å². The summed E-state index contributed by atoms with van der Waals surface area (Å²) in [5.41, 5.74) is 1.91. The molecule has 2 aliphatic rings. The van der Waals surface area contributed by atoms with Crippen LogP contribution in [0.1, 0.15) is 50.3 Å². The van der Waals surface area contributed by atoms with E-state index in [-0.39, 0.29) is 12.4 Å². The number of nitrogens with zero attached hydrogens (tertiary/aromatic N) is 4. The Kier molecular flexibility index (Phi) is 7.01. The molecule has 1 N–H and O–H groups in total. The number of aliphatic hydroxyl groups is 1. The van der Waals surface area contributed by atoms with Gasteiger partial charge in [0.2, 0.25) is 0 Å². The molecule has 4 rings (SSSR count). The monoisotopic (exact) mass is 440 g/mol. The van der Waals surface area contributed by atoms with Crippen LogP contribution in [0.4, 0.5) is 5.82 Å². The maximum Gasteiger partial charge on any atom is 0.180 e. The van der Waals surface area contributed by atoms with Crippen LogP contribution in [-0.2, 0) is 22.4 Å². The SMILES string of the molecule is CCCC(=O)CN(C)c1nc(-c2cc(OCC3(O)CCOCC3)ccn2)nc2c1CCC2. The molecule has 1 aliphatic carbocycles. The van der Waals surface area contributed by atoms with E-state index in [0.717, 1.165) is 42.8 Å². The molecule has 1 fully saturated rings. The fourth-order valence-corrected chi connectivity index (χ4v) is 4.28. The first-order valence-electron chi connectivity index (χ1n) is 11.5. The fraction of sp³-hybridized carbons (Fsp3) is 0.583. The van der Waals surface area contributed by atoms with Gasteiger partial charge in [-0.3, -0.25) is 9.78 Å². The molecule has 8 nitrogen and oxygen atoms in total. The number of fused-ring (bicyclic) bond motifs is 1. The lowest BCUT2D eigenvalue weighted by Crippen LogP contribution is -2.41. The van der Waals surface area contributed by atoms with Crippen molar-refractivity contribution in [1.82, 2.24) is 15.0 Å². The quantitative estimate of drug-likeness (QED) is 0.636. The van der Waals surface area contributed by atoms with E-state index in [1.54, 1.807) is 12.3 Å². The molecule has 1 aliphatic heterocycles. The normalized spacial score (nSPS) is 17.1. The molecule has 172 valence electrons. The van der Waals surface area contributed by atoms with Crippen molar-refractivity contribution in [1.29, 1.82) is 0 Å². The Morgan fingerprint density at radius 2 is 2.09 bits per heavy atom. The number of hydrogen-bond acceptors (Lipinski definition) is 8. The standard InChI is InChI=1S/C24H32N4O4/c1-3-5-17(29)15-28(2)23-19-6-4-7-20(19)26-22(27-23)21-14-18(8-11-25-21)32-16-24(30)9-12-31-13-10-24/h8,11,14,30H,3-7,9-10,12-13,15-16H2,1-2H3. The van der Waals surface area contributed by atoms with E-state index < -0.39 is 5.60 Å². The average molecular weight is 441 g/mol. The second-order valence-corrected chi connectivity index (χ2v) is 8.80. The van der Waals surface area contributed by atoms with E-state index in [4.69, 9.17) is 19.4 Å². The molecular formula is C24H32N4O4. The third-order valence-corrected chi connectivity index (χ3v) is 6.11. The van der Waals surface area contributed by atoms with Crippen molar-refractivity contribution in [3.63, 3.8) is 0 Å². The number of ether oxygens (including phenoxy) is 2. The number of likely N-dealkylation sites (N-methyl/N-ethyl adjacent to an activating group) is 1. The lowest BCUT2D eigenvalue weighted by molar-refractivity contribution is -0.117. The molecule has 2 aromatic rings. The molecule has 8 heteroatoms. The second-order valence-electron chi connectivity index (χ2n) is 8.80. The van der Waals surface area contributed by atoms with Crippen molar-refractivity contribution in [3.05, 3.63) is 29.6 Å². The number of carbonyl (C=O) groups excluding carboxylic acids is 1. The summed E-state index contributed by atoms with van der Waals surface area (Å²) in [4.78, 5) is 28.2. The Morgan fingerprint density at radius 1 is 1.28 bits per heavy atom. The Balaban J connectivity index is 1.55. The van der Waals surface area contributed by atoms with Gasteiger partial charge in [-0.05, 0) is 31.7 Å². The summed E-state index contributed by atoms with van der Waals surface area (Å²) in [7, 11) is 1.92. The first-order valence-corrected chi connectivity index (χ1v) is 11.5. The highest BCUT2D eigenvalue weighted by atomic mass is 16.5. The highest BCUT2D eigenvalue weighted by Gasteiger charge is 2.31. The van der Waals surface area contributed by atoms with E-state index >= 15 is 0 Å². The summed E-state index contributed by atoms with van der Waals surface area (Å²) in [6.07, 6.45) is 7.08. The Morgan fingerprint density at radius 3 is 2.88 bits per heavy atom. The molecule has 0 atom stereocenters. The van der Waals surface area contributed by atoms with Crippen molar-refractivity contribution in [2.75, 3.05) is 38.3 Å². The number of ketones is 1. The summed E-state index contributed by atoms with van der Waals surface area (Å²) in [6, 6.07) is 3.58. The minimum Gasteiger partial charge on any atom is -0.490 e. The van der Waals surface area contributed by atoms with Gasteiger partial charge in [0.15, 0.2) is 11.6 Å². The van der Waals surface area contributed by atoms with E-state index in [1.807, 2.05) is 24.9 Å². The lowest BCUT2D eigenvalue weighted by atomic mass is 9.96. The van der Waals surface area contributed by atoms with Crippen molar-refractivity contribution < 1.29 is 19.4 Å². The summed E-state index contributed by atoms with van der Waals surface area (Å²) >= 11 is 0. The Hall–Kier alpha value is -2.58. The van der Waals surface area contributed by atoms with Crippen LogP contribution < -0.4 is 9.64 Å². The maximum atomic E-state index is 12.2. The van der Waals surface area contributed by atoms with Crippen LogP contribution in [-0.4, -0.2) is 64.9 Å². The smallest absolute Gasteiger partial charge is 0.180 e. The Bertz CT molecular complexity index is 959. The zero-order valence-electron chi connectivity index (χ0n) is 19.0. The first-order chi connectivity index (χ1) is 15.5. The third-order valence-electron chi connectivity index (χ3n) is 6.11. The van der Waals surface area contributed by atoms with Gasteiger partial charge in [-0.1, -0.05) is 6.92 Å². The molecule has 3 heterocycles. The summed E-state index contributed by atoms with van der Waals surface area (Å²) in [5, 5.41) is 10.7. The number of carbonyl (C=O) groups is 1. The number of aryl methyl sites for hydroxylation is 1. The van der Waals surface area contributed by atoms with Gasteiger partial charge < -0.3 is 19.5 Å². The predicted molar refractivity (Wildman–Crippen MR) is 121 cm³/mol. The molecule has 0 aromatic carbocycles. The van der Waals surface area contributed by atoms with Gasteiger partial charge in [0, 0.05) is 63.0 Å². The van der Waals surface area contributed by atoms with Gasteiger partial charge in [0.1, 0.15) is 29.5 Å². The van der Waals surface area contributed by atoms with Gasteiger partial charge in [0.05, 0.1) is 6.54 Å². The summed E-state index contributed by atoms with van der Waals surface area (Å²) in [6.45, 7) is 3.65. The van der Waals surface area contributed by atoms with Crippen molar-refractivity contribution in [2.24, 2.45) is 0 Å². The Labute approximate surface area is 189 Å². The minimum absolute atomic E-state index is 0.207. The number of Topliss-reactive ketones (excluding diaryl/α,β-unsaturated/α-hetero) is 1. The number of hydrogen-bond donors (Lipinski definition) is 1. The van der Waals surface area contributed by atoms with Crippen molar-refractivity contribution in [2.45, 2.75) is 57.5 Å². The fourth-order valence-electron chi connectivity index (χ4n) is 4.28. The van der Waals surface area contributed by atoms with E-state index in [2.05, 4.69) is 4.98 Å². The molecule has 0 bridgehead atoms. The molecular weight excluding hydrogens is 408 g/mol. The molecule has 0 spiro atoms. The van der Waals surface area contributed by atoms with Crippen LogP contribution in [0.25, 0.3) is 11.5 Å². The van der Waals surface area contributed by atoms with E-state index in [0.29, 0.717) is 56.3 Å². The second kappa shape index (κ2) is 9.92. The first kappa shape index (κ1) is 22.6. The van der Waals surface area contributed by atoms with Gasteiger partial charge in [0.25, 0.3) is 0 Å². The van der Waals surface area contributed by atoms with Crippen LogP contribution in [0.3, 0.4) is 0 Å². The highest BCUT2D eigenvalue weighted by molar-refractivity contribution is 5.83. The topological polar surface area (TPSA) is 97.7 Å². The third kappa shape index (κ3) is 5.24. The molecule has 0 saturated carbocycles. The summed E-state index contributed by atoms with van der Waals surface area (Å²) < 4.78 is 11.2. The highest BCUT2D eigenvalue weighted by Crippen LogP contribution is 2.31. The number of rotatable bonds is 9. The molecule has 0 unspecified atom stereocenters. The van der Waals surface area contributed by atoms with Crippen LogP contribution in [0.15, 0.2) is 18.3 Å². The summed E-state index contributed by atoms with van der Waals surface area (Å²) in [5.74, 6) is 2.18. The molecule has 0 amide bonds. The van der Waals surface area contributed by atoms with Crippen LogP contribution >= 0.6 is 0 Å².